The van der Waals surface area contributed by atoms with Gasteiger partial charge in [0.1, 0.15) is 0 Å². The molecule has 1 atom stereocenters. The third-order valence-electron chi connectivity index (χ3n) is 5.92. The largest absolute Gasteiger partial charge is 0.342 e. The molecule has 27 heavy (non-hydrogen) atoms. The molecule has 0 bridgehead atoms. The average molecular weight is 401 g/mol. The van der Waals surface area contributed by atoms with Gasteiger partial charge in [0.2, 0.25) is 5.91 Å². The minimum Gasteiger partial charge on any atom is -0.342 e. The Kier molecular flexibility index (Phi) is 8.67. The van der Waals surface area contributed by atoms with Crippen LogP contribution in [-0.4, -0.2) is 67.0 Å². The standard InChI is InChI=1S/C20H36N4O2.ClH/c1-15(2)12-22-20(26)24-9-3-4-17(14-24)19(25)23-10-7-18(8-11-23)21-13-16-5-6-16;/h15-18,21H,3-14H2,1-2H3,(H,22,26);1H. The lowest BCUT2D eigenvalue weighted by Gasteiger charge is -2.38. The second-order valence-electron chi connectivity index (χ2n) is 8.82. The summed E-state index contributed by atoms with van der Waals surface area (Å²) in [6.45, 7) is 9.08. The summed E-state index contributed by atoms with van der Waals surface area (Å²) in [6, 6.07) is 0.559. The Bertz CT molecular complexity index is 490. The van der Waals surface area contributed by atoms with Crippen molar-refractivity contribution in [2.45, 2.75) is 58.4 Å². The summed E-state index contributed by atoms with van der Waals surface area (Å²) in [5.41, 5.74) is 0. The van der Waals surface area contributed by atoms with Crippen molar-refractivity contribution < 1.29 is 9.59 Å². The van der Waals surface area contributed by atoms with Crippen molar-refractivity contribution in [1.82, 2.24) is 20.4 Å². The van der Waals surface area contributed by atoms with Gasteiger partial charge in [-0.25, -0.2) is 4.79 Å². The summed E-state index contributed by atoms with van der Waals surface area (Å²) in [4.78, 5) is 29.1. The van der Waals surface area contributed by atoms with E-state index in [1.165, 1.54) is 12.8 Å². The van der Waals surface area contributed by atoms with Gasteiger partial charge in [-0.15, -0.1) is 12.4 Å². The van der Waals surface area contributed by atoms with E-state index in [4.69, 9.17) is 0 Å². The first-order valence-electron chi connectivity index (χ1n) is 10.6. The molecule has 3 fully saturated rings. The van der Waals surface area contributed by atoms with E-state index < -0.39 is 0 Å². The van der Waals surface area contributed by atoms with Gasteiger partial charge in [0.05, 0.1) is 5.92 Å². The van der Waals surface area contributed by atoms with E-state index >= 15 is 0 Å². The third-order valence-corrected chi connectivity index (χ3v) is 5.92. The minimum absolute atomic E-state index is 0. The van der Waals surface area contributed by atoms with Crippen molar-refractivity contribution in [3.05, 3.63) is 0 Å². The molecule has 2 aliphatic heterocycles. The summed E-state index contributed by atoms with van der Waals surface area (Å²) < 4.78 is 0. The van der Waals surface area contributed by atoms with Crippen molar-refractivity contribution in [2.24, 2.45) is 17.8 Å². The van der Waals surface area contributed by atoms with Gasteiger partial charge in [-0.05, 0) is 56.9 Å². The van der Waals surface area contributed by atoms with Gasteiger partial charge in [0.15, 0.2) is 0 Å². The highest BCUT2D eigenvalue weighted by molar-refractivity contribution is 5.85. The van der Waals surface area contributed by atoms with Crippen LogP contribution in [0.1, 0.15) is 52.4 Å². The Balaban J connectivity index is 0.00000261. The van der Waals surface area contributed by atoms with Crippen LogP contribution in [0.4, 0.5) is 4.79 Å². The molecule has 3 aliphatic rings. The second kappa shape index (κ2) is 10.5. The predicted molar refractivity (Wildman–Crippen MR) is 110 cm³/mol. The first-order valence-corrected chi connectivity index (χ1v) is 10.6. The lowest BCUT2D eigenvalue weighted by molar-refractivity contribution is -0.138. The summed E-state index contributed by atoms with van der Waals surface area (Å²) >= 11 is 0. The fraction of sp³-hybridized carbons (Fsp3) is 0.900. The molecule has 0 aromatic heterocycles. The Hall–Kier alpha value is -1.01. The molecule has 3 amide bonds. The summed E-state index contributed by atoms with van der Waals surface area (Å²) in [6.07, 6.45) is 6.71. The number of piperidine rings is 2. The zero-order valence-corrected chi connectivity index (χ0v) is 17.7. The molecule has 2 N–H and O–H groups in total. The van der Waals surface area contributed by atoms with Crippen molar-refractivity contribution >= 4 is 24.3 Å². The van der Waals surface area contributed by atoms with Crippen LogP contribution in [0, 0.1) is 17.8 Å². The molecule has 0 aromatic carbocycles. The highest BCUT2D eigenvalue weighted by atomic mass is 35.5. The highest BCUT2D eigenvalue weighted by Gasteiger charge is 2.33. The van der Waals surface area contributed by atoms with Crippen LogP contribution in [0.5, 0.6) is 0 Å². The van der Waals surface area contributed by atoms with E-state index in [9.17, 15) is 9.59 Å². The minimum atomic E-state index is -0.0236. The third kappa shape index (κ3) is 6.83. The highest BCUT2D eigenvalue weighted by Crippen LogP contribution is 2.28. The SMILES string of the molecule is CC(C)CNC(=O)N1CCCC(C(=O)N2CCC(NCC3CC3)CC2)C1.Cl. The number of carbonyl (C=O) groups excluding carboxylic acids is 2. The number of carbonyl (C=O) groups is 2. The maximum absolute atomic E-state index is 12.9. The van der Waals surface area contributed by atoms with E-state index in [0.29, 0.717) is 25.0 Å². The van der Waals surface area contributed by atoms with Gasteiger partial charge in [-0.1, -0.05) is 13.8 Å². The number of rotatable bonds is 6. The topological polar surface area (TPSA) is 64.7 Å². The Morgan fingerprint density at radius 1 is 1.00 bits per heavy atom. The average Bonchev–Trinajstić information content (AvgIpc) is 3.49. The number of likely N-dealkylation sites (tertiary alicyclic amines) is 2. The van der Waals surface area contributed by atoms with E-state index in [2.05, 4.69) is 24.5 Å². The second-order valence-corrected chi connectivity index (χ2v) is 8.82. The molecular formula is C20H37ClN4O2. The van der Waals surface area contributed by atoms with Crippen LogP contribution in [0.3, 0.4) is 0 Å². The number of urea groups is 1. The van der Waals surface area contributed by atoms with Crippen molar-refractivity contribution in [3.8, 4) is 0 Å². The fourth-order valence-electron chi connectivity index (χ4n) is 3.98. The van der Waals surface area contributed by atoms with Gasteiger partial charge in [0, 0.05) is 38.8 Å². The molecular weight excluding hydrogens is 364 g/mol. The monoisotopic (exact) mass is 400 g/mol. The molecule has 3 rings (SSSR count). The molecule has 1 saturated carbocycles. The van der Waals surface area contributed by atoms with Crippen LogP contribution in [0.15, 0.2) is 0 Å². The predicted octanol–water partition coefficient (Wildman–Crippen LogP) is 2.48. The number of nitrogens with one attached hydrogen (secondary N) is 2. The van der Waals surface area contributed by atoms with Gasteiger partial charge in [-0.2, -0.15) is 0 Å². The molecule has 0 spiro atoms. The van der Waals surface area contributed by atoms with Crippen LogP contribution in [-0.2, 0) is 4.79 Å². The van der Waals surface area contributed by atoms with Crippen molar-refractivity contribution in [2.75, 3.05) is 39.3 Å². The molecule has 7 heteroatoms. The van der Waals surface area contributed by atoms with Crippen LogP contribution in [0.2, 0.25) is 0 Å². The van der Waals surface area contributed by atoms with Crippen molar-refractivity contribution in [3.63, 3.8) is 0 Å². The molecule has 0 radical (unpaired) electrons. The number of amides is 3. The first kappa shape index (κ1) is 22.3. The Morgan fingerprint density at radius 3 is 2.33 bits per heavy atom. The van der Waals surface area contributed by atoms with Gasteiger partial charge >= 0.3 is 6.03 Å². The number of nitrogens with zero attached hydrogens (tertiary/aromatic N) is 2. The summed E-state index contributed by atoms with van der Waals surface area (Å²) in [5, 5.41) is 6.65. The smallest absolute Gasteiger partial charge is 0.317 e. The Labute approximate surface area is 170 Å². The van der Waals surface area contributed by atoms with Crippen LogP contribution >= 0.6 is 12.4 Å². The molecule has 156 valence electrons. The van der Waals surface area contributed by atoms with Crippen LogP contribution < -0.4 is 10.6 Å². The fourth-order valence-corrected chi connectivity index (χ4v) is 3.98. The summed E-state index contributed by atoms with van der Waals surface area (Å²) in [7, 11) is 0. The zero-order valence-electron chi connectivity index (χ0n) is 16.9. The summed E-state index contributed by atoms with van der Waals surface area (Å²) in [5.74, 6) is 1.58. The maximum atomic E-state index is 12.9. The molecule has 1 aliphatic carbocycles. The molecule has 0 aromatic rings. The molecule has 1 unspecified atom stereocenters. The van der Waals surface area contributed by atoms with Crippen LogP contribution in [0.25, 0.3) is 0 Å². The number of hydrogen-bond donors (Lipinski definition) is 2. The van der Waals surface area contributed by atoms with E-state index in [0.717, 1.165) is 57.8 Å². The lowest BCUT2D eigenvalue weighted by atomic mass is 9.95. The molecule has 2 saturated heterocycles. The van der Waals surface area contributed by atoms with Crippen molar-refractivity contribution in [1.29, 1.82) is 0 Å². The molecule has 2 heterocycles. The van der Waals surface area contributed by atoms with E-state index in [1.54, 1.807) is 0 Å². The Morgan fingerprint density at radius 2 is 1.70 bits per heavy atom. The van der Waals surface area contributed by atoms with E-state index in [-0.39, 0.29) is 30.3 Å². The maximum Gasteiger partial charge on any atom is 0.317 e. The normalized spacial score (nSPS) is 23.9. The van der Waals surface area contributed by atoms with Gasteiger partial charge in [0.25, 0.3) is 0 Å². The van der Waals surface area contributed by atoms with Gasteiger partial charge < -0.3 is 20.4 Å². The van der Waals surface area contributed by atoms with E-state index in [1.807, 2.05) is 9.80 Å². The quantitative estimate of drug-likeness (QED) is 0.719. The van der Waals surface area contributed by atoms with Gasteiger partial charge in [-0.3, -0.25) is 4.79 Å². The number of halogens is 1. The first-order chi connectivity index (χ1) is 12.5. The lowest BCUT2D eigenvalue weighted by Crippen LogP contribution is -2.52. The zero-order chi connectivity index (χ0) is 18.5. The molecule has 6 nitrogen and oxygen atoms in total. The number of hydrogen-bond acceptors (Lipinski definition) is 3.